The minimum Gasteiger partial charge on any atom is -0.481 e. The van der Waals surface area contributed by atoms with E-state index in [2.05, 4.69) is 20.8 Å². The molecule has 1 saturated carbocycles. The Morgan fingerprint density at radius 3 is 2.62 bits per heavy atom. The highest BCUT2D eigenvalue weighted by Gasteiger charge is 2.34. The van der Waals surface area contributed by atoms with E-state index in [0.29, 0.717) is 5.92 Å². The van der Waals surface area contributed by atoms with Crippen LogP contribution in [-0.2, 0) is 4.79 Å². The molecule has 0 aromatic heterocycles. The van der Waals surface area contributed by atoms with Crippen molar-refractivity contribution in [3.8, 4) is 0 Å². The van der Waals surface area contributed by atoms with E-state index >= 15 is 0 Å². The summed E-state index contributed by atoms with van der Waals surface area (Å²) in [6.45, 7) is 6.43. The molecule has 0 aromatic carbocycles. The maximum absolute atomic E-state index is 11.0. The molecular weight excluding hydrogens is 164 g/mol. The first-order chi connectivity index (χ1) is 5.92. The summed E-state index contributed by atoms with van der Waals surface area (Å²) in [7, 11) is 0. The molecule has 0 heterocycles. The molecule has 2 unspecified atom stereocenters. The van der Waals surface area contributed by atoms with Crippen LogP contribution >= 0.6 is 0 Å². The highest BCUT2D eigenvalue weighted by molar-refractivity contribution is 5.70. The summed E-state index contributed by atoms with van der Waals surface area (Å²) in [5.74, 6) is -0.390. The van der Waals surface area contributed by atoms with Crippen molar-refractivity contribution in [1.82, 2.24) is 0 Å². The van der Waals surface area contributed by atoms with Crippen molar-refractivity contribution in [1.29, 1.82) is 0 Å². The fourth-order valence-corrected chi connectivity index (χ4v) is 2.33. The first-order valence-electron chi connectivity index (χ1n) is 5.15. The lowest BCUT2D eigenvalue weighted by molar-refractivity contribution is -0.144. The Hall–Kier alpha value is -0.530. The van der Waals surface area contributed by atoms with Gasteiger partial charge in [-0.2, -0.15) is 0 Å². The van der Waals surface area contributed by atoms with Crippen molar-refractivity contribution in [3.05, 3.63) is 0 Å². The molecule has 1 aliphatic rings. The standard InChI is InChI=1S/C11H20O2/c1-8-5-4-6-11(2,3)7-9(8)10(12)13/h8-9H,4-7H2,1-3H3,(H,12,13). The zero-order valence-corrected chi connectivity index (χ0v) is 8.84. The van der Waals surface area contributed by atoms with Crippen molar-refractivity contribution in [2.24, 2.45) is 17.3 Å². The van der Waals surface area contributed by atoms with Crippen molar-refractivity contribution in [2.75, 3.05) is 0 Å². The Morgan fingerprint density at radius 2 is 2.08 bits per heavy atom. The zero-order valence-electron chi connectivity index (χ0n) is 8.84. The number of carbonyl (C=O) groups is 1. The van der Waals surface area contributed by atoms with Gasteiger partial charge in [-0.05, 0) is 30.6 Å². The van der Waals surface area contributed by atoms with Gasteiger partial charge in [0.25, 0.3) is 0 Å². The summed E-state index contributed by atoms with van der Waals surface area (Å²) in [4.78, 5) is 11.0. The zero-order chi connectivity index (χ0) is 10.1. The molecule has 0 radical (unpaired) electrons. The Morgan fingerprint density at radius 1 is 1.46 bits per heavy atom. The van der Waals surface area contributed by atoms with Gasteiger partial charge in [0.15, 0.2) is 0 Å². The van der Waals surface area contributed by atoms with Gasteiger partial charge < -0.3 is 5.11 Å². The first-order valence-corrected chi connectivity index (χ1v) is 5.15. The normalized spacial score (nSPS) is 33.8. The number of hydrogen-bond acceptors (Lipinski definition) is 1. The van der Waals surface area contributed by atoms with Crippen molar-refractivity contribution in [3.63, 3.8) is 0 Å². The van der Waals surface area contributed by atoms with Crippen LogP contribution in [0.25, 0.3) is 0 Å². The molecule has 1 fully saturated rings. The van der Waals surface area contributed by atoms with E-state index < -0.39 is 5.97 Å². The van der Waals surface area contributed by atoms with Gasteiger partial charge >= 0.3 is 5.97 Å². The fraction of sp³-hybridized carbons (Fsp3) is 0.909. The summed E-state index contributed by atoms with van der Waals surface area (Å²) in [5.41, 5.74) is 0.216. The van der Waals surface area contributed by atoms with Crippen LogP contribution in [0.5, 0.6) is 0 Å². The van der Waals surface area contributed by atoms with Gasteiger partial charge in [0, 0.05) is 0 Å². The maximum Gasteiger partial charge on any atom is 0.306 e. The molecule has 0 aromatic rings. The predicted octanol–water partition coefficient (Wildman–Crippen LogP) is 2.92. The van der Waals surface area contributed by atoms with Crippen LogP contribution in [0.1, 0.15) is 46.5 Å². The van der Waals surface area contributed by atoms with Crippen molar-refractivity contribution < 1.29 is 9.90 Å². The Bertz CT molecular complexity index is 196. The van der Waals surface area contributed by atoms with Gasteiger partial charge in [-0.15, -0.1) is 0 Å². The van der Waals surface area contributed by atoms with Gasteiger partial charge in [-0.3, -0.25) is 4.79 Å². The highest BCUT2D eigenvalue weighted by Crippen LogP contribution is 2.39. The number of carboxylic acid groups (broad SMARTS) is 1. The minimum absolute atomic E-state index is 0.127. The Kier molecular flexibility index (Phi) is 2.99. The first kappa shape index (κ1) is 10.6. The molecule has 0 saturated heterocycles. The average Bonchev–Trinajstić information content (AvgIpc) is 2.10. The van der Waals surface area contributed by atoms with Crippen LogP contribution in [0.2, 0.25) is 0 Å². The highest BCUT2D eigenvalue weighted by atomic mass is 16.4. The summed E-state index contributed by atoms with van der Waals surface area (Å²) in [5, 5.41) is 9.07. The molecule has 0 amide bonds. The average molecular weight is 184 g/mol. The molecule has 0 bridgehead atoms. The predicted molar refractivity (Wildman–Crippen MR) is 52.5 cm³/mol. The van der Waals surface area contributed by atoms with E-state index in [-0.39, 0.29) is 11.3 Å². The van der Waals surface area contributed by atoms with E-state index in [0.717, 1.165) is 12.8 Å². The molecule has 13 heavy (non-hydrogen) atoms. The molecular formula is C11H20O2. The van der Waals surface area contributed by atoms with Gasteiger partial charge in [0.1, 0.15) is 0 Å². The van der Waals surface area contributed by atoms with Crippen LogP contribution in [0.4, 0.5) is 0 Å². The molecule has 2 atom stereocenters. The third-order valence-corrected chi connectivity index (χ3v) is 3.29. The van der Waals surface area contributed by atoms with E-state index in [1.54, 1.807) is 0 Å². The van der Waals surface area contributed by atoms with E-state index in [1.807, 2.05) is 0 Å². The smallest absolute Gasteiger partial charge is 0.306 e. The fourth-order valence-electron chi connectivity index (χ4n) is 2.33. The lowest BCUT2D eigenvalue weighted by Gasteiger charge is -2.25. The Balaban J connectivity index is 2.73. The minimum atomic E-state index is -0.609. The van der Waals surface area contributed by atoms with Gasteiger partial charge in [0.05, 0.1) is 5.92 Å². The van der Waals surface area contributed by atoms with Crippen LogP contribution in [0.15, 0.2) is 0 Å². The van der Waals surface area contributed by atoms with Crippen LogP contribution in [0, 0.1) is 17.3 Å². The monoisotopic (exact) mass is 184 g/mol. The SMILES string of the molecule is CC1CCCC(C)(C)CC1C(=O)O. The second-order valence-electron chi connectivity index (χ2n) is 5.18. The lowest BCUT2D eigenvalue weighted by atomic mass is 9.79. The number of hydrogen-bond donors (Lipinski definition) is 1. The molecule has 2 nitrogen and oxygen atoms in total. The third-order valence-electron chi connectivity index (χ3n) is 3.29. The number of aliphatic carboxylic acids is 1. The maximum atomic E-state index is 11.0. The summed E-state index contributed by atoms with van der Waals surface area (Å²) in [6, 6.07) is 0. The molecule has 1 N–H and O–H groups in total. The second-order valence-corrected chi connectivity index (χ2v) is 5.18. The molecule has 76 valence electrons. The largest absolute Gasteiger partial charge is 0.481 e. The van der Waals surface area contributed by atoms with E-state index in [1.165, 1.54) is 12.8 Å². The molecule has 1 aliphatic carbocycles. The summed E-state index contributed by atoms with van der Waals surface area (Å²) < 4.78 is 0. The molecule has 0 aliphatic heterocycles. The van der Waals surface area contributed by atoms with Crippen LogP contribution < -0.4 is 0 Å². The Labute approximate surface area is 80.3 Å². The van der Waals surface area contributed by atoms with Gasteiger partial charge in [0.2, 0.25) is 0 Å². The number of rotatable bonds is 1. The van der Waals surface area contributed by atoms with Crippen molar-refractivity contribution >= 4 is 5.97 Å². The second kappa shape index (κ2) is 3.69. The third kappa shape index (κ3) is 2.71. The molecule has 2 heteroatoms. The molecule has 1 rings (SSSR count). The van der Waals surface area contributed by atoms with Crippen LogP contribution in [-0.4, -0.2) is 11.1 Å². The van der Waals surface area contributed by atoms with Gasteiger partial charge in [-0.25, -0.2) is 0 Å². The quantitative estimate of drug-likeness (QED) is 0.636. The van der Waals surface area contributed by atoms with Crippen molar-refractivity contribution in [2.45, 2.75) is 46.5 Å². The van der Waals surface area contributed by atoms with E-state index in [4.69, 9.17) is 5.11 Å². The summed E-state index contributed by atoms with van der Waals surface area (Å²) in [6.07, 6.45) is 4.25. The van der Waals surface area contributed by atoms with Gasteiger partial charge in [-0.1, -0.05) is 27.2 Å². The van der Waals surface area contributed by atoms with Crippen LogP contribution in [0.3, 0.4) is 0 Å². The summed E-state index contributed by atoms with van der Waals surface area (Å²) >= 11 is 0. The lowest BCUT2D eigenvalue weighted by Crippen LogP contribution is -2.25. The topological polar surface area (TPSA) is 37.3 Å². The molecule has 0 spiro atoms. The number of carboxylic acids is 1. The van der Waals surface area contributed by atoms with E-state index in [9.17, 15) is 4.79 Å².